The number of nitrogens with one attached hydrogen (secondary N) is 1. The van der Waals surface area contributed by atoms with Crippen LogP contribution in [0.25, 0.3) is 0 Å². The van der Waals surface area contributed by atoms with Crippen molar-refractivity contribution in [3.05, 3.63) is 72.2 Å². The Morgan fingerprint density at radius 3 is 2.21 bits per heavy atom. The average Bonchev–Trinajstić information content (AvgIpc) is 3.14. The maximum atomic E-state index is 13.1. The van der Waals surface area contributed by atoms with E-state index in [1.54, 1.807) is 42.3 Å². The molecule has 10 nitrogen and oxygen atoms in total. The zero-order valence-corrected chi connectivity index (χ0v) is 18.6. The van der Waals surface area contributed by atoms with Crippen molar-refractivity contribution in [1.82, 2.24) is 24.8 Å². The smallest absolute Gasteiger partial charge is 0.262 e. The van der Waals surface area contributed by atoms with E-state index >= 15 is 0 Å². The second kappa shape index (κ2) is 8.89. The highest BCUT2D eigenvalue weighted by Crippen LogP contribution is 2.26. The molecule has 172 valence electrons. The Kier molecular flexibility index (Phi) is 5.62. The number of carbonyl (C=O) groups excluding carboxylic acids is 3. The van der Waals surface area contributed by atoms with Crippen molar-refractivity contribution >= 4 is 35.2 Å². The first-order valence-electron chi connectivity index (χ1n) is 11.0. The van der Waals surface area contributed by atoms with E-state index in [0.717, 1.165) is 10.7 Å². The van der Waals surface area contributed by atoms with Crippen LogP contribution in [0.5, 0.6) is 0 Å². The zero-order valence-electron chi connectivity index (χ0n) is 18.6. The van der Waals surface area contributed by atoms with E-state index in [-0.39, 0.29) is 5.91 Å². The Bertz CT molecular complexity index is 1210. The number of aromatic nitrogens is 3. The van der Waals surface area contributed by atoms with Crippen molar-refractivity contribution in [1.29, 1.82) is 0 Å². The van der Waals surface area contributed by atoms with Crippen LogP contribution in [-0.4, -0.2) is 74.7 Å². The van der Waals surface area contributed by atoms with Crippen molar-refractivity contribution in [3.63, 3.8) is 0 Å². The number of nitrogens with zero attached hydrogens (tertiary/aromatic N) is 6. The fraction of sp³-hybridized carbons (Fsp3) is 0.250. The molecule has 5 rings (SSSR count). The second-order valence-corrected chi connectivity index (χ2v) is 8.12. The largest absolute Gasteiger partial charge is 0.353 e. The lowest BCUT2D eigenvalue weighted by atomic mass is 10.1. The fourth-order valence-electron chi connectivity index (χ4n) is 4.25. The van der Waals surface area contributed by atoms with Crippen molar-refractivity contribution in [3.8, 4) is 0 Å². The average molecular weight is 457 g/mol. The molecule has 1 unspecified atom stereocenters. The van der Waals surface area contributed by atoms with E-state index in [1.807, 2.05) is 24.3 Å². The molecule has 3 aromatic rings. The van der Waals surface area contributed by atoms with Crippen LogP contribution in [0.3, 0.4) is 0 Å². The molecule has 34 heavy (non-hydrogen) atoms. The lowest BCUT2D eigenvalue weighted by Crippen LogP contribution is -2.55. The van der Waals surface area contributed by atoms with Crippen LogP contribution in [-0.2, 0) is 4.79 Å². The van der Waals surface area contributed by atoms with Gasteiger partial charge in [0.1, 0.15) is 29.8 Å². The van der Waals surface area contributed by atoms with Gasteiger partial charge in [0.05, 0.1) is 11.1 Å². The highest BCUT2D eigenvalue weighted by atomic mass is 16.2. The molecule has 1 fully saturated rings. The summed E-state index contributed by atoms with van der Waals surface area (Å²) >= 11 is 0. The third-order valence-corrected chi connectivity index (χ3v) is 6.06. The number of anilines is 3. The Balaban J connectivity index is 1.22. The Hall–Kier alpha value is -4.34. The highest BCUT2D eigenvalue weighted by molar-refractivity contribution is 6.22. The number of hydrogen-bond donors (Lipinski definition) is 1. The minimum Gasteiger partial charge on any atom is -0.353 e. The maximum absolute atomic E-state index is 13.1. The molecule has 1 N–H and O–H groups in total. The van der Waals surface area contributed by atoms with Crippen LogP contribution in [0.2, 0.25) is 0 Å². The fourth-order valence-corrected chi connectivity index (χ4v) is 4.25. The summed E-state index contributed by atoms with van der Waals surface area (Å²) in [5.41, 5.74) is 0.687. The van der Waals surface area contributed by atoms with Crippen LogP contribution in [0.1, 0.15) is 27.6 Å². The number of piperazine rings is 1. The SMILES string of the molecule is CC(C(=O)N1CCN(c2cc(Nc3ccccn3)ncn2)CC1)N1C(=O)c2ccccc2C1=O. The molecule has 3 amide bonds. The lowest BCUT2D eigenvalue weighted by Gasteiger charge is -2.37. The molecule has 2 aromatic heterocycles. The van der Waals surface area contributed by atoms with Gasteiger partial charge >= 0.3 is 0 Å². The molecule has 0 spiro atoms. The molecule has 0 saturated carbocycles. The summed E-state index contributed by atoms with van der Waals surface area (Å²) in [6.45, 7) is 3.66. The molecule has 0 radical (unpaired) electrons. The molecular formula is C24H23N7O3. The molecule has 0 aliphatic carbocycles. The van der Waals surface area contributed by atoms with Crippen LogP contribution in [0.4, 0.5) is 17.5 Å². The van der Waals surface area contributed by atoms with Crippen LogP contribution >= 0.6 is 0 Å². The monoisotopic (exact) mass is 457 g/mol. The molecule has 0 bridgehead atoms. The topological polar surface area (TPSA) is 112 Å². The quantitative estimate of drug-likeness (QED) is 0.579. The van der Waals surface area contributed by atoms with E-state index < -0.39 is 17.9 Å². The molecule has 1 saturated heterocycles. The molecule has 2 aliphatic heterocycles. The Morgan fingerprint density at radius 2 is 1.56 bits per heavy atom. The normalized spacial score (nSPS) is 16.4. The zero-order chi connectivity index (χ0) is 23.7. The number of hydrogen-bond acceptors (Lipinski definition) is 8. The summed E-state index contributed by atoms with van der Waals surface area (Å²) < 4.78 is 0. The number of fused-ring (bicyclic) bond motifs is 1. The first kappa shape index (κ1) is 21.5. The van der Waals surface area contributed by atoms with Gasteiger partial charge in [-0.1, -0.05) is 18.2 Å². The third kappa shape index (κ3) is 3.94. The minimum absolute atomic E-state index is 0.241. The predicted molar refractivity (Wildman–Crippen MR) is 125 cm³/mol. The van der Waals surface area contributed by atoms with E-state index in [1.165, 1.54) is 6.33 Å². The maximum Gasteiger partial charge on any atom is 0.262 e. The summed E-state index contributed by atoms with van der Waals surface area (Å²) in [5.74, 6) is 0.970. The summed E-state index contributed by atoms with van der Waals surface area (Å²) in [7, 11) is 0. The van der Waals surface area contributed by atoms with Gasteiger partial charge in [-0.3, -0.25) is 19.3 Å². The third-order valence-electron chi connectivity index (χ3n) is 6.06. The second-order valence-electron chi connectivity index (χ2n) is 8.12. The van der Waals surface area contributed by atoms with Crippen molar-refractivity contribution < 1.29 is 14.4 Å². The standard InChI is InChI=1S/C24H23N7O3/c1-16(31-23(33)17-6-2-3-7-18(17)24(31)34)22(32)30-12-10-29(11-13-30)21-14-20(26-15-27-21)28-19-8-4-5-9-25-19/h2-9,14-16H,10-13H2,1H3,(H,25,26,27,28). The van der Waals surface area contributed by atoms with E-state index in [9.17, 15) is 14.4 Å². The molecule has 10 heteroatoms. The van der Waals surface area contributed by atoms with Gasteiger partial charge in [0.25, 0.3) is 11.8 Å². The van der Waals surface area contributed by atoms with Crippen molar-refractivity contribution in [2.24, 2.45) is 0 Å². The molecule has 2 aliphatic rings. The van der Waals surface area contributed by atoms with Gasteiger partial charge in [-0.25, -0.2) is 15.0 Å². The first-order chi connectivity index (χ1) is 16.5. The number of carbonyl (C=O) groups is 3. The Labute approximate surface area is 196 Å². The number of imide groups is 1. The van der Waals surface area contributed by atoms with E-state index in [2.05, 4.69) is 25.2 Å². The summed E-state index contributed by atoms with van der Waals surface area (Å²) in [6.07, 6.45) is 3.19. The van der Waals surface area contributed by atoms with Gasteiger partial charge in [0.2, 0.25) is 5.91 Å². The number of amides is 3. The van der Waals surface area contributed by atoms with Gasteiger partial charge in [-0.15, -0.1) is 0 Å². The molecule has 1 atom stereocenters. The van der Waals surface area contributed by atoms with E-state index in [0.29, 0.717) is 48.9 Å². The molecular weight excluding hydrogens is 434 g/mol. The summed E-state index contributed by atoms with van der Waals surface area (Å²) in [6, 6.07) is 13.2. The van der Waals surface area contributed by atoms with Crippen LogP contribution < -0.4 is 10.2 Å². The van der Waals surface area contributed by atoms with Gasteiger partial charge in [-0.2, -0.15) is 0 Å². The number of benzene rings is 1. The minimum atomic E-state index is -0.868. The predicted octanol–water partition coefficient (Wildman–Crippen LogP) is 1.95. The van der Waals surface area contributed by atoms with Gasteiger partial charge in [0.15, 0.2) is 0 Å². The van der Waals surface area contributed by atoms with Gasteiger partial charge < -0.3 is 15.1 Å². The van der Waals surface area contributed by atoms with E-state index in [4.69, 9.17) is 0 Å². The van der Waals surface area contributed by atoms with Gasteiger partial charge in [-0.05, 0) is 31.2 Å². The summed E-state index contributed by atoms with van der Waals surface area (Å²) in [4.78, 5) is 56.3. The molecule has 1 aromatic carbocycles. The lowest BCUT2D eigenvalue weighted by molar-refractivity contribution is -0.135. The number of pyridine rings is 1. The molecule has 4 heterocycles. The number of rotatable bonds is 5. The van der Waals surface area contributed by atoms with Crippen molar-refractivity contribution in [2.75, 3.05) is 36.4 Å². The summed E-state index contributed by atoms with van der Waals surface area (Å²) in [5, 5.41) is 3.15. The van der Waals surface area contributed by atoms with Crippen molar-refractivity contribution in [2.45, 2.75) is 13.0 Å². The van der Waals surface area contributed by atoms with Gasteiger partial charge in [0, 0.05) is 38.4 Å². The highest BCUT2D eigenvalue weighted by Gasteiger charge is 2.42. The Morgan fingerprint density at radius 1 is 0.882 bits per heavy atom. The van der Waals surface area contributed by atoms with Crippen LogP contribution in [0, 0.1) is 0 Å². The first-order valence-corrected chi connectivity index (χ1v) is 11.0. The van der Waals surface area contributed by atoms with Crippen LogP contribution in [0.15, 0.2) is 61.1 Å².